The van der Waals surface area contributed by atoms with Gasteiger partial charge >= 0.3 is 5.97 Å². The molecule has 23 heavy (non-hydrogen) atoms. The van der Waals surface area contributed by atoms with E-state index in [2.05, 4.69) is 6.07 Å². The summed E-state index contributed by atoms with van der Waals surface area (Å²) < 4.78 is 5.23. The number of carbonyl (C=O) groups excluding carboxylic acids is 2. The van der Waals surface area contributed by atoms with Crippen molar-refractivity contribution in [2.75, 3.05) is 6.61 Å². The van der Waals surface area contributed by atoms with E-state index in [9.17, 15) is 9.59 Å². The van der Waals surface area contributed by atoms with Gasteiger partial charge in [-0.05, 0) is 30.9 Å². The normalized spacial score (nSPS) is 21.6. The lowest BCUT2D eigenvalue weighted by molar-refractivity contribution is -0.157. The topological polar surface area (TPSA) is 46.6 Å². The van der Waals surface area contributed by atoms with E-state index in [4.69, 9.17) is 4.74 Å². The van der Waals surface area contributed by atoms with Gasteiger partial charge in [0.15, 0.2) is 0 Å². The molecule has 124 valence electrons. The van der Waals surface area contributed by atoms with Gasteiger partial charge in [0.25, 0.3) is 0 Å². The van der Waals surface area contributed by atoms with Crippen molar-refractivity contribution in [3.8, 4) is 0 Å². The van der Waals surface area contributed by atoms with Crippen molar-refractivity contribution >= 4 is 11.9 Å². The van der Waals surface area contributed by atoms with E-state index in [-0.39, 0.29) is 17.8 Å². The fraction of sp³-hybridized carbons (Fsp3) is 0.579. The summed E-state index contributed by atoms with van der Waals surface area (Å²) in [7, 11) is 0. The Labute approximate surface area is 137 Å². The molecule has 1 aromatic carbocycles. The number of hydrogen-bond acceptors (Lipinski definition) is 3. The van der Waals surface area contributed by atoms with Crippen LogP contribution >= 0.6 is 0 Å². The van der Waals surface area contributed by atoms with Crippen LogP contribution in [-0.4, -0.2) is 29.4 Å². The number of fused-ring (bicyclic) bond motifs is 1. The fourth-order valence-electron chi connectivity index (χ4n) is 3.79. The molecule has 0 N–H and O–H groups in total. The molecule has 0 radical (unpaired) electrons. The summed E-state index contributed by atoms with van der Waals surface area (Å²) in [5.41, 5.74) is 2.30. The predicted octanol–water partition coefficient (Wildman–Crippen LogP) is 3.08. The summed E-state index contributed by atoms with van der Waals surface area (Å²) in [5.74, 6) is -0.0608. The monoisotopic (exact) mass is 315 g/mol. The molecule has 1 fully saturated rings. The Morgan fingerprint density at radius 2 is 1.83 bits per heavy atom. The minimum atomic E-state index is -0.473. The van der Waals surface area contributed by atoms with Gasteiger partial charge in [-0.15, -0.1) is 0 Å². The van der Waals surface area contributed by atoms with Gasteiger partial charge in [0.2, 0.25) is 5.91 Å². The first-order valence-electron chi connectivity index (χ1n) is 8.74. The van der Waals surface area contributed by atoms with E-state index in [1.807, 2.05) is 25.1 Å². The lowest BCUT2D eigenvalue weighted by Crippen LogP contribution is -2.51. The van der Waals surface area contributed by atoms with Crippen molar-refractivity contribution in [3.63, 3.8) is 0 Å². The van der Waals surface area contributed by atoms with Crippen molar-refractivity contribution < 1.29 is 14.3 Å². The average Bonchev–Trinajstić information content (AvgIpc) is 2.61. The Bertz CT molecular complexity index is 578. The minimum absolute atomic E-state index is 0.0749. The molecule has 1 saturated carbocycles. The average molecular weight is 315 g/mol. The van der Waals surface area contributed by atoms with Crippen LogP contribution in [0.3, 0.4) is 0 Å². The molecule has 1 aliphatic carbocycles. The number of hydrogen-bond donors (Lipinski definition) is 0. The smallest absolute Gasteiger partial charge is 0.329 e. The molecule has 1 amide bonds. The van der Waals surface area contributed by atoms with Gasteiger partial charge in [-0.25, -0.2) is 4.79 Å². The summed E-state index contributed by atoms with van der Waals surface area (Å²) in [6.45, 7) is 2.68. The molecular weight excluding hydrogens is 290 g/mol. The highest BCUT2D eigenvalue weighted by Gasteiger charge is 2.38. The van der Waals surface area contributed by atoms with Crippen LogP contribution in [0.2, 0.25) is 0 Å². The molecule has 0 spiro atoms. The Morgan fingerprint density at radius 1 is 1.13 bits per heavy atom. The quantitative estimate of drug-likeness (QED) is 0.805. The first kappa shape index (κ1) is 16.0. The van der Waals surface area contributed by atoms with Crippen LogP contribution in [0.5, 0.6) is 0 Å². The third-order valence-corrected chi connectivity index (χ3v) is 5.04. The van der Waals surface area contributed by atoms with Crippen LogP contribution in [-0.2, 0) is 27.3 Å². The minimum Gasteiger partial charge on any atom is -0.464 e. The molecule has 1 aliphatic heterocycles. The van der Waals surface area contributed by atoms with Crippen molar-refractivity contribution in [2.24, 2.45) is 5.92 Å². The molecule has 3 rings (SSSR count). The molecule has 1 heterocycles. The first-order chi connectivity index (χ1) is 11.2. The third-order valence-electron chi connectivity index (χ3n) is 5.04. The predicted molar refractivity (Wildman–Crippen MR) is 87.7 cm³/mol. The van der Waals surface area contributed by atoms with E-state index < -0.39 is 6.04 Å². The zero-order valence-electron chi connectivity index (χ0n) is 13.8. The van der Waals surface area contributed by atoms with Gasteiger partial charge in [-0.1, -0.05) is 43.5 Å². The largest absolute Gasteiger partial charge is 0.464 e. The summed E-state index contributed by atoms with van der Waals surface area (Å²) in [6.07, 6.45) is 5.91. The van der Waals surface area contributed by atoms with E-state index in [0.717, 1.165) is 36.8 Å². The second kappa shape index (κ2) is 7.16. The van der Waals surface area contributed by atoms with Crippen molar-refractivity contribution in [1.29, 1.82) is 0 Å². The molecule has 1 unspecified atom stereocenters. The maximum Gasteiger partial charge on any atom is 0.329 e. The lowest BCUT2D eigenvalue weighted by atomic mass is 9.86. The second-order valence-corrected chi connectivity index (χ2v) is 6.54. The van der Waals surface area contributed by atoms with Crippen molar-refractivity contribution in [1.82, 2.24) is 4.90 Å². The summed E-state index contributed by atoms with van der Waals surface area (Å²) in [4.78, 5) is 27.2. The highest BCUT2D eigenvalue weighted by atomic mass is 16.5. The molecule has 0 bridgehead atoms. The van der Waals surface area contributed by atoms with Gasteiger partial charge in [-0.3, -0.25) is 4.79 Å². The number of esters is 1. The summed E-state index contributed by atoms with van der Waals surface area (Å²) in [5, 5.41) is 0. The summed E-state index contributed by atoms with van der Waals surface area (Å²) in [6, 6.07) is 7.60. The Balaban J connectivity index is 1.84. The molecule has 4 heteroatoms. The zero-order chi connectivity index (χ0) is 16.2. The van der Waals surface area contributed by atoms with Crippen LogP contribution in [0.4, 0.5) is 0 Å². The van der Waals surface area contributed by atoms with Crippen LogP contribution in [0, 0.1) is 5.92 Å². The Morgan fingerprint density at radius 3 is 2.52 bits per heavy atom. The van der Waals surface area contributed by atoms with E-state index in [0.29, 0.717) is 19.6 Å². The molecule has 4 nitrogen and oxygen atoms in total. The zero-order valence-corrected chi connectivity index (χ0v) is 13.8. The van der Waals surface area contributed by atoms with Crippen LogP contribution in [0.1, 0.15) is 50.2 Å². The van der Waals surface area contributed by atoms with E-state index in [1.165, 1.54) is 6.42 Å². The highest BCUT2D eigenvalue weighted by Crippen LogP contribution is 2.30. The van der Waals surface area contributed by atoms with E-state index in [1.54, 1.807) is 4.90 Å². The Hall–Kier alpha value is -1.84. The van der Waals surface area contributed by atoms with Crippen LogP contribution in [0.15, 0.2) is 24.3 Å². The SMILES string of the molecule is CCOC(=O)C1Cc2ccccc2CN1C(=O)C1CCCCC1. The third kappa shape index (κ3) is 3.41. The molecule has 1 aromatic rings. The number of benzene rings is 1. The standard InChI is InChI=1S/C19H25NO3/c1-2-23-19(22)17-12-15-10-6-7-11-16(15)13-20(17)18(21)14-8-4-3-5-9-14/h6-7,10-11,14,17H,2-5,8-9,12-13H2,1H3. The number of rotatable bonds is 3. The van der Waals surface area contributed by atoms with Gasteiger partial charge in [0.05, 0.1) is 6.61 Å². The maximum atomic E-state index is 13.0. The van der Waals surface area contributed by atoms with Gasteiger partial charge in [0, 0.05) is 18.9 Å². The first-order valence-corrected chi connectivity index (χ1v) is 8.74. The highest BCUT2D eigenvalue weighted by molar-refractivity contribution is 5.86. The molecule has 1 atom stereocenters. The van der Waals surface area contributed by atoms with Crippen molar-refractivity contribution in [2.45, 2.75) is 58.0 Å². The lowest BCUT2D eigenvalue weighted by Gasteiger charge is -2.38. The Kier molecular flexibility index (Phi) is 4.99. The maximum absolute atomic E-state index is 13.0. The van der Waals surface area contributed by atoms with Crippen LogP contribution < -0.4 is 0 Å². The molecular formula is C19H25NO3. The fourth-order valence-corrected chi connectivity index (χ4v) is 3.79. The number of ether oxygens (including phenoxy) is 1. The van der Waals surface area contributed by atoms with Crippen molar-refractivity contribution in [3.05, 3.63) is 35.4 Å². The number of amides is 1. The molecule has 0 saturated heterocycles. The van der Waals surface area contributed by atoms with Gasteiger partial charge in [-0.2, -0.15) is 0 Å². The molecule has 2 aliphatic rings. The number of carbonyl (C=O) groups is 2. The van der Waals surface area contributed by atoms with Crippen LogP contribution in [0.25, 0.3) is 0 Å². The van der Waals surface area contributed by atoms with E-state index >= 15 is 0 Å². The second-order valence-electron chi connectivity index (χ2n) is 6.54. The van der Waals surface area contributed by atoms with Gasteiger partial charge in [0.1, 0.15) is 6.04 Å². The van der Waals surface area contributed by atoms with Gasteiger partial charge < -0.3 is 9.64 Å². The molecule has 0 aromatic heterocycles. The summed E-state index contributed by atoms with van der Waals surface area (Å²) >= 11 is 0. The number of nitrogens with zero attached hydrogens (tertiary/aromatic N) is 1.